The highest BCUT2D eigenvalue weighted by Gasteiger charge is 2.23. The summed E-state index contributed by atoms with van der Waals surface area (Å²) in [7, 11) is 0. The summed E-state index contributed by atoms with van der Waals surface area (Å²) in [5.74, 6) is -2.47. The van der Waals surface area contributed by atoms with Crippen molar-refractivity contribution in [2.45, 2.75) is 53.5 Å². The van der Waals surface area contributed by atoms with Gasteiger partial charge >= 0.3 is 5.69 Å². The number of hydrogen-bond donors (Lipinski definition) is 6. The van der Waals surface area contributed by atoms with Gasteiger partial charge in [0.15, 0.2) is 5.78 Å². The normalized spacial score (nSPS) is 11.9. The maximum atomic E-state index is 13.4. The number of nitrogens with zero attached hydrogens (tertiary/aromatic N) is 4. The van der Waals surface area contributed by atoms with Gasteiger partial charge in [0.25, 0.3) is 23.6 Å². The van der Waals surface area contributed by atoms with Gasteiger partial charge in [-0.1, -0.05) is 27.7 Å². The number of anilines is 2. The Bertz CT molecular complexity index is 2020. The number of H-pyrrole nitrogens is 2. The molecular formula is C40H52N10O6. The van der Waals surface area contributed by atoms with Gasteiger partial charge in [-0.3, -0.25) is 24.0 Å². The number of nitrogens with one attached hydrogen (secondary N) is 6. The number of ketones is 1. The maximum Gasteiger partial charge on any atom is 0.323 e. The number of fused-ring (bicyclic) bond motifs is 1. The molecule has 16 nitrogen and oxygen atoms in total. The molecule has 298 valence electrons. The van der Waals surface area contributed by atoms with E-state index >= 15 is 0 Å². The van der Waals surface area contributed by atoms with Crippen LogP contribution < -0.4 is 27.0 Å². The molecule has 3 aromatic carbocycles. The summed E-state index contributed by atoms with van der Waals surface area (Å²) in [4.78, 5) is 86.4. The van der Waals surface area contributed by atoms with Gasteiger partial charge in [0.2, 0.25) is 6.04 Å². The van der Waals surface area contributed by atoms with Gasteiger partial charge in [-0.2, -0.15) is 10.2 Å². The van der Waals surface area contributed by atoms with Crippen LogP contribution in [0, 0.1) is 0 Å². The Morgan fingerprint density at radius 3 is 1.73 bits per heavy atom. The molecule has 56 heavy (non-hydrogen) atoms. The Kier molecular flexibility index (Phi) is 16.2. The molecule has 6 N–H and O–H groups in total. The smallest absolute Gasteiger partial charge is 0.323 e. The van der Waals surface area contributed by atoms with Crippen LogP contribution in [0.3, 0.4) is 0 Å². The van der Waals surface area contributed by atoms with Crippen LogP contribution in [0.1, 0.15) is 78.5 Å². The lowest BCUT2D eigenvalue weighted by atomic mass is 10.1. The van der Waals surface area contributed by atoms with Crippen LogP contribution in [0.2, 0.25) is 0 Å². The SMILES string of the molecule is CCN(CC)CCCNC(=O)c1cc(NC(=O)c2ccc(N=NC(C(C)=O)C(=O)Nc3ccc4[nH]c(=O)[nH]c4c3)cc2)cc(C(=O)NCCCN(CC)CC)c1. The summed E-state index contributed by atoms with van der Waals surface area (Å²) in [6.45, 7) is 15.9. The number of hydrogen-bond acceptors (Lipinski definition) is 10. The van der Waals surface area contributed by atoms with E-state index in [9.17, 15) is 28.8 Å². The molecule has 4 rings (SSSR count). The molecule has 4 amide bonds. The van der Waals surface area contributed by atoms with E-state index in [0.29, 0.717) is 29.8 Å². The van der Waals surface area contributed by atoms with Crippen LogP contribution in [-0.4, -0.2) is 108 Å². The van der Waals surface area contributed by atoms with Gasteiger partial charge in [0, 0.05) is 41.2 Å². The minimum atomic E-state index is -1.44. The number of rotatable bonds is 21. The van der Waals surface area contributed by atoms with Crippen molar-refractivity contribution in [2.75, 3.05) is 63.0 Å². The molecule has 0 fully saturated rings. The minimum absolute atomic E-state index is 0.235. The predicted molar refractivity (Wildman–Crippen MR) is 217 cm³/mol. The van der Waals surface area contributed by atoms with Gasteiger partial charge in [0.05, 0.1) is 16.7 Å². The van der Waals surface area contributed by atoms with E-state index in [1.807, 2.05) is 0 Å². The van der Waals surface area contributed by atoms with Crippen molar-refractivity contribution in [1.29, 1.82) is 0 Å². The van der Waals surface area contributed by atoms with Crippen molar-refractivity contribution < 1.29 is 24.0 Å². The van der Waals surface area contributed by atoms with Crippen LogP contribution in [0.25, 0.3) is 11.0 Å². The summed E-state index contributed by atoms with van der Waals surface area (Å²) < 4.78 is 0. The van der Waals surface area contributed by atoms with Gasteiger partial charge < -0.3 is 41.0 Å². The van der Waals surface area contributed by atoms with Crippen molar-refractivity contribution in [1.82, 2.24) is 30.4 Å². The first-order valence-electron chi connectivity index (χ1n) is 19.0. The molecular weight excluding hydrogens is 717 g/mol. The number of amides is 4. The second-order valence-corrected chi connectivity index (χ2v) is 13.1. The summed E-state index contributed by atoms with van der Waals surface area (Å²) >= 11 is 0. The Hall–Kier alpha value is -6.00. The Morgan fingerprint density at radius 1 is 0.643 bits per heavy atom. The fraction of sp³-hybridized carbons (Fsp3) is 0.400. The molecule has 0 bridgehead atoms. The number of aromatic nitrogens is 2. The first kappa shape index (κ1) is 42.7. The van der Waals surface area contributed by atoms with Crippen molar-refractivity contribution in [2.24, 2.45) is 10.2 Å². The van der Waals surface area contributed by atoms with Crippen molar-refractivity contribution in [3.8, 4) is 0 Å². The number of imidazole rings is 1. The highest BCUT2D eigenvalue weighted by atomic mass is 16.2. The largest absolute Gasteiger partial charge is 0.352 e. The maximum absolute atomic E-state index is 13.4. The number of aromatic amines is 2. The predicted octanol–water partition coefficient (Wildman–Crippen LogP) is 4.71. The van der Waals surface area contributed by atoms with Crippen LogP contribution in [-0.2, 0) is 9.59 Å². The number of azo groups is 1. The lowest BCUT2D eigenvalue weighted by Crippen LogP contribution is -2.31. The minimum Gasteiger partial charge on any atom is -0.352 e. The van der Waals surface area contributed by atoms with E-state index in [2.05, 4.69) is 79.0 Å². The fourth-order valence-corrected chi connectivity index (χ4v) is 5.90. The Balaban J connectivity index is 1.44. The zero-order valence-electron chi connectivity index (χ0n) is 32.7. The van der Waals surface area contributed by atoms with Gasteiger partial charge in [0.1, 0.15) is 0 Å². The fourth-order valence-electron chi connectivity index (χ4n) is 5.90. The molecule has 0 aliphatic heterocycles. The average Bonchev–Trinajstić information content (AvgIpc) is 3.57. The molecule has 0 saturated carbocycles. The lowest BCUT2D eigenvalue weighted by Gasteiger charge is -2.18. The second-order valence-electron chi connectivity index (χ2n) is 13.1. The summed E-state index contributed by atoms with van der Waals surface area (Å²) in [6.07, 6.45) is 1.52. The summed E-state index contributed by atoms with van der Waals surface area (Å²) in [6, 6.07) is 13.9. The van der Waals surface area contributed by atoms with Crippen molar-refractivity contribution in [3.63, 3.8) is 0 Å². The van der Waals surface area contributed by atoms with Crippen molar-refractivity contribution in [3.05, 3.63) is 87.8 Å². The molecule has 0 spiro atoms. The van der Waals surface area contributed by atoms with Crippen LogP contribution >= 0.6 is 0 Å². The lowest BCUT2D eigenvalue weighted by molar-refractivity contribution is -0.126. The van der Waals surface area contributed by atoms with Crippen molar-refractivity contribution >= 4 is 57.5 Å². The number of Topliss-reactive ketones (excluding diaryl/α,β-unsaturated/α-hetero) is 1. The number of carbonyl (C=O) groups excluding carboxylic acids is 5. The highest BCUT2D eigenvalue weighted by molar-refractivity contribution is 6.10. The van der Waals surface area contributed by atoms with E-state index < -0.39 is 23.6 Å². The molecule has 0 aliphatic carbocycles. The zero-order chi connectivity index (χ0) is 40.6. The summed E-state index contributed by atoms with van der Waals surface area (Å²) in [5, 5.41) is 19.3. The van der Waals surface area contributed by atoms with Crippen LogP contribution in [0.15, 0.2) is 75.7 Å². The second kappa shape index (κ2) is 21.2. The molecule has 0 radical (unpaired) electrons. The first-order chi connectivity index (χ1) is 26.9. The quantitative estimate of drug-likeness (QED) is 0.0396. The zero-order valence-corrected chi connectivity index (χ0v) is 32.7. The van der Waals surface area contributed by atoms with E-state index in [4.69, 9.17) is 0 Å². The first-order valence-corrected chi connectivity index (χ1v) is 19.0. The third-order valence-electron chi connectivity index (χ3n) is 9.21. The van der Waals surface area contributed by atoms with E-state index in [1.54, 1.807) is 18.2 Å². The van der Waals surface area contributed by atoms with Gasteiger partial charge in [-0.15, -0.1) is 0 Å². The van der Waals surface area contributed by atoms with E-state index in [0.717, 1.165) is 52.1 Å². The standard InChI is InChI=1S/C40H52N10O6/c1-6-49(7-2)20-10-18-41-36(52)28-22-29(37(53)42-19-11-21-50(8-3)9-4)24-32(23-28)44-38(54)27-12-14-30(15-13-27)47-48-35(26(5)51)39(55)43-31-16-17-33-34(25-31)46-40(56)45-33/h12-17,22-25,35H,6-11,18-21H2,1-5H3,(H,41,52)(H,42,53)(H,43,55)(H,44,54)(H2,45,46,56). The number of benzene rings is 3. The molecule has 1 aromatic heterocycles. The molecule has 1 atom stereocenters. The molecule has 0 aliphatic rings. The topological polar surface area (TPSA) is 213 Å². The van der Waals surface area contributed by atoms with Gasteiger partial charge in [-0.25, -0.2) is 4.79 Å². The number of carbonyl (C=O) groups is 5. The highest BCUT2D eigenvalue weighted by Crippen LogP contribution is 2.20. The molecule has 16 heteroatoms. The molecule has 4 aromatic rings. The van der Waals surface area contributed by atoms with E-state index in [1.165, 1.54) is 49.4 Å². The van der Waals surface area contributed by atoms with Crippen LogP contribution in [0.5, 0.6) is 0 Å². The third-order valence-corrected chi connectivity index (χ3v) is 9.21. The van der Waals surface area contributed by atoms with Gasteiger partial charge in [-0.05, 0) is 120 Å². The monoisotopic (exact) mass is 768 g/mol. The molecule has 1 unspecified atom stereocenters. The van der Waals surface area contributed by atoms with E-state index in [-0.39, 0.29) is 45.6 Å². The van der Waals surface area contributed by atoms with Crippen LogP contribution in [0.4, 0.5) is 17.1 Å². The average molecular weight is 769 g/mol. The Morgan fingerprint density at radius 2 is 1.20 bits per heavy atom. The molecule has 0 saturated heterocycles. The third kappa shape index (κ3) is 12.5. The summed E-state index contributed by atoms with van der Waals surface area (Å²) in [5.41, 5.74) is 2.27. The molecule has 1 heterocycles. The Labute approximate surface area is 325 Å².